The summed E-state index contributed by atoms with van der Waals surface area (Å²) in [6, 6.07) is 7.09. The highest BCUT2D eigenvalue weighted by molar-refractivity contribution is 6.31. The number of ether oxygens (including phenoxy) is 1. The molecule has 0 unspecified atom stereocenters. The third-order valence-electron chi connectivity index (χ3n) is 8.10. The van der Waals surface area contributed by atoms with Crippen molar-refractivity contribution in [3.8, 4) is 5.75 Å². The number of pyridine rings is 1. The van der Waals surface area contributed by atoms with Crippen LogP contribution in [0.4, 0.5) is 11.5 Å². The number of amides is 2. The van der Waals surface area contributed by atoms with Crippen molar-refractivity contribution in [1.29, 1.82) is 0 Å². The predicted octanol–water partition coefficient (Wildman–Crippen LogP) is 3.29. The highest BCUT2D eigenvalue weighted by Crippen LogP contribution is 2.46. The van der Waals surface area contributed by atoms with Crippen molar-refractivity contribution in [2.24, 2.45) is 0 Å². The number of benzene rings is 1. The fourth-order valence-corrected chi connectivity index (χ4v) is 6.23. The molecule has 1 saturated carbocycles. The molecule has 2 amide bonds. The number of rotatable bonds is 5. The molecular formula is C27H31ClN4O4. The minimum absolute atomic E-state index is 0.00597. The van der Waals surface area contributed by atoms with Crippen LogP contribution in [0.1, 0.15) is 54.2 Å². The summed E-state index contributed by atoms with van der Waals surface area (Å²) in [5, 5.41) is 14.0. The number of piperidine rings is 1. The molecule has 9 heteroatoms. The summed E-state index contributed by atoms with van der Waals surface area (Å²) in [6.45, 7) is 0.224. The van der Waals surface area contributed by atoms with E-state index in [0.29, 0.717) is 55.4 Å². The van der Waals surface area contributed by atoms with E-state index in [-0.39, 0.29) is 30.7 Å². The van der Waals surface area contributed by atoms with E-state index in [1.54, 1.807) is 17.2 Å². The number of aromatic nitrogens is 1. The number of carbonyl (C=O) groups excluding carboxylic acids is 2. The van der Waals surface area contributed by atoms with E-state index in [1.807, 2.05) is 18.2 Å². The Hall–Kier alpha value is -2.68. The van der Waals surface area contributed by atoms with Crippen molar-refractivity contribution >= 4 is 34.9 Å². The zero-order valence-electron chi connectivity index (χ0n) is 22.9. The minimum atomic E-state index is -2.48. The van der Waals surface area contributed by atoms with Gasteiger partial charge in [0.1, 0.15) is 18.2 Å². The van der Waals surface area contributed by atoms with Crippen LogP contribution in [-0.4, -0.2) is 64.7 Å². The molecule has 0 radical (unpaired) electrons. The maximum Gasteiger partial charge on any atom is 0.235 e. The van der Waals surface area contributed by atoms with Crippen LogP contribution >= 0.6 is 11.6 Å². The zero-order valence-corrected chi connectivity index (χ0v) is 20.7. The fourth-order valence-electron chi connectivity index (χ4n) is 6.05. The Morgan fingerprint density at radius 3 is 2.83 bits per heavy atom. The summed E-state index contributed by atoms with van der Waals surface area (Å²) in [5.41, 5.74) is 0.439. The Bertz CT molecular complexity index is 1320. The number of hydrogen-bond acceptors (Lipinski definition) is 6. The molecule has 2 aromatic rings. The SMILES string of the molecule is [2H]C([2H])([2H])C1(O)CC(N2C(=O)CCc3cc(OCCN4CCC5(CC4)C(=O)Nc4ccc(Cl)cc45)cnc32)C1. The first-order valence-electron chi connectivity index (χ1n) is 14.0. The van der Waals surface area contributed by atoms with Gasteiger partial charge in [0.05, 0.1) is 17.2 Å². The van der Waals surface area contributed by atoms with Gasteiger partial charge in [0.25, 0.3) is 0 Å². The molecule has 1 aromatic carbocycles. The predicted molar refractivity (Wildman–Crippen MR) is 137 cm³/mol. The van der Waals surface area contributed by atoms with Crippen LogP contribution in [0.15, 0.2) is 30.5 Å². The van der Waals surface area contributed by atoms with Crippen LogP contribution in [0.3, 0.4) is 0 Å². The summed E-state index contributed by atoms with van der Waals surface area (Å²) in [7, 11) is 0. The highest BCUT2D eigenvalue weighted by Gasteiger charge is 2.48. The molecule has 36 heavy (non-hydrogen) atoms. The van der Waals surface area contributed by atoms with Gasteiger partial charge in [-0.3, -0.25) is 19.4 Å². The lowest BCUT2D eigenvalue weighted by molar-refractivity contribution is -0.123. The Morgan fingerprint density at radius 2 is 2.06 bits per heavy atom. The van der Waals surface area contributed by atoms with Gasteiger partial charge in [0, 0.05) is 33.8 Å². The summed E-state index contributed by atoms with van der Waals surface area (Å²) < 4.78 is 28.7. The molecule has 4 heterocycles. The minimum Gasteiger partial charge on any atom is -0.491 e. The van der Waals surface area contributed by atoms with Crippen LogP contribution < -0.4 is 15.0 Å². The van der Waals surface area contributed by atoms with Crippen LogP contribution in [0, 0.1) is 0 Å². The lowest BCUT2D eigenvalue weighted by Gasteiger charge is -2.47. The fraction of sp³-hybridized carbons (Fsp3) is 0.519. The van der Waals surface area contributed by atoms with E-state index in [0.717, 1.165) is 29.9 Å². The van der Waals surface area contributed by atoms with Gasteiger partial charge in [-0.25, -0.2) is 4.98 Å². The van der Waals surface area contributed by atoms with Gasteiger partial charge in [-0.05, 0) is 87.4 Å². The van der Waals surface area contributed by atoms with Crippen molar-refractivity contribution in [3.63, 3.8) is 0 Å². The quantitative estimate of drug-likeness (QED) is 0.637. The van der Waals surface area contributed by atoms with Crippen molar-refractivity contribution in [3.05, 3.63) is 46.6 Å². The smallest absolute Gasteiger partial charge is 0.235 e. The maximum atomic E-state index is 12.9. The average molecular weight is 514 g/mol. The molecule has 2 N–H and O–H groups in total. The third kappa shape index (κ3) is 4.05. The number of carbonyl (C=O) groups is 2. The number of fused-ring (bicyclic) bond motifs is 3. The average Bonchev–Trinajstić information content (AvgIpc) is 3.13. The van der Waals surface area contributed by atoms with Crippen LogP contribution in [0.2, 0.25) is 5.02 Å². The van der Waals surface area contributed by atoms with Gasteiger partial charge >= 0.3 is 0 Å². The van der Waals surface area contributed by atoms with Gasteiger partial charge in [-0.2, -0.15) is 0 Å². The molecule has 1 aliphatic carbocycles. The molecule has 2 fully saturated rings. The molecule has 1 spiro atoms. The van der Waals surface area contributed by atoms with E-state index < -0.39 is 17.9 Å². The topological polar surface area (TPSA) is 95.0 Å². The molecule has 4 aliphatic rings. The lowest BCUT2D eigenvalue weighted by atomic mass is 9.73. The summed E-state index contributed by atoms with van der Waals surface area (Å²) in [6.07, 6.45) is 3.88. The highest BCUT2D eigenvalue weighted by atomic mass is 35.5. The number of nitrogens with one attached hydrogen (secondary N) is 1. The first-order chi connectivity index (χ1) is 18.5. The normalized spacial score (nSPS) is 28.4. The van der Waals surface area contributed by atoms with Gasteiger partial charge < -0.3 is 15.2 Å². The first kappa shape index (κ1) is 20.4. The van der Waals surface area contributed by atoms with E-state index in [9.17, 15) is 14.7 Å². The molecule has 1 saturated heterocycles. The van der Waals surface area contributed by atoms with Crippen molar-refractivity contribution in [2.45, 2.75) is 62.4 Å². The van der Waals surface area contributed by atoms with Gasteiger partial charge in [-0.1, -0.05) is 11.6 Å². The Balaban J connectivity index is 1.05. The molecule has 6 rings (SSSR count). The largest absolute Gasteiger partial charge is 0.491 e. The van der Waals surface area contributed by atoms with E-state index in [1.165, 1.54) is 0 Å². The molecule has 8 nitrogen and oxygen atoms in total. The number of aliphatic hydroxyl groups is 1. The molecule has 190 valence electrons. The van der Waals surface area contributed by atoms with E-state index in [2.05, 4.69) is 15.2 Å². The molecule has 0 bridgehead atoms. The molecular weight excluding hydrogens is 480 g/mol. The Morgan fingerprint density at radius 1 is 1.25 bits per heavy atom. The van der Waals surface area contributed by atoms with Gasteiger partial charge in [0.15, 0.2) is 0 Å². The summed E-state index contributed by atoms with van der Waals surface area (Å²) in [5.74, 6) is 1.08. The maximum absolute atomic E-state index is 12.9. The molecule has 1 aromatic heterocycles. The van der Waals surface area contributed by atoms with Crippen LogP contribution in [-0.2, 0) is 21.4 Å². The van der Waals surface area contributed by atoms with Crippen LogP contribution in [0.5, 0.6) is 5.75 Å². The zero-order chi connectivity index (χ0) is 27.6. The second kappa shape index (κ2) is 8.71. The Labute approximate surface area is 219 Å². The number of anilines is 2. The number of halogens is 1. The third-order valence-corrected chi connectivity index (χ3v) is 8.34. The molecule has 3 aliphatic heterocycles. The lowest BCUT2D eigenvalue weighted by Crippen LogP contribution is -2.57. The van der Waals surface area contributed by atoms with E-state index >= 15 is 0 Å². The second-order valence-electron chi connectivity index (χ2n) is 10.4. The Kier molecular flexibility index (Phi) is 4.93. The van der Waals surface area contributed by atoms with E-state index in [4.69, 9.17) is 20.5 Å². The summed E-state index contributed by atoms with van der Waals surface area (Å²) in [4.78, 5) is 33.9. The number of nitrogens with zero attached hydrogens (tertiary/aromatic N) is 3. The number of likely N-dealkylation sites (tertiary alicyclic amines) is 1. The van der Waals surface area contributed by atoms with Gasteiger partial charge in [-0.15, -0.1) is 0 Å². The number of hydrogen-bond donors (Lipinski definition) is 2. The van der Waals surface area contributed by atoms with Gasteiger partial charge in [0.2, 0.25) is 11.8 Å². The standard InChI is InChI=1S/C27H31ClN4O4/c1-26(35)14-19(15-26)32-23(33)5-2-17-12-20(16-29-24(17)32)36-11-10-31-8-6-27(7-9-31)21-13-18(28)3-4-22(21)30-25(27)34/h3-4,12-13,16,19,35H,2,5-11,14-15H2,1H3,(H,30,34)/i1D3. The van der Waals surface area contributed by atoms with Crippen molar-refractivity contribution < 1.29 is 23.5 Å². The summed E-state index contributed by atoms with van der Waals surface area (Å²) >= 11 is 6.22. The van der Waals surface area contributed by atoms with Crippen molar-refractivity contribution in [2.75, 3.05) is 36.5 Å². The number of aryl methyl sites for hydroxylation is 1. The monoisotopic (exact) mass is 513 g/mol. The second-order valence-corrected chi connectivity index (χ2v) is 10.9. The van der Waals surface area contributed by atoms with Crippen LogP contribution in [0.25, 0.3) is 0 Å². The van der Waals surface area contributed by atoms with Crippen molar-refractivity contribution in [1.82, 2.24) is 9.88 Å². The molecule has 0 atom stereocenters. The first-order valence-corrected chi connectivity index (χ1v) is 12.9.